The molecule has 0 fully saturated rings. The van der Waals surface area contributed by atoms with Gasteiger partial charge in [0.2, 0.25) is 5.91 Å². The SMILES string of the molecule is Cc1cc(C)cc(NC(=O)CSc2nnc(-c3ccccc3F)n2-c2ccccc2)c1. The van der Waals surface area contributed by atoms with E-state index < -0.39 is 0 Å². The Morgan fingerprint density at radius 3 is 2.35 bits per heavy atom. The zero-order valence-electron chi connectivity index (χ0n) is 17.2. The number of thioether (sulfide) groups is 1. The van der Waals surface area contributed by atoms with Crippen LogP contribution in [0.2, 0.25) is 0 Å². The van der Waals surface area contributed by atoms with Gasteiger partial charge in [-0.1, -0.05) is 48.2 Å². The van der Waals surface area contributed by atoms with E-state index >= 15 is 0 Å². The Bertz CT molecular complexity index is 1200. The first-order chi connectivity index (χ1) is 15.0. The zero-order chi connectivity index (χ0) is 21.8. The van der Waals surface area contributed by atoms with Crippen molar-refractivity contribution in [2.75, 3.05) is 11.1 Å². The van der Waals surface area contributed by atoms with Crippen LogP contribution in [0, 0.1) is 19.7 Å². The number of aryl methyl sites for hydroxylation is 2. The first kappa shape index (κ1) is 20.8. The molecule has 4 aromatic rings. The number of aromatic nitrogens is 3. The number of halogens is 1. The van der Waals surface area contributed by atoms with Crippen LogP contribution in [0.25, 0.3) is 17.1 Å². The number of benzene rings is 3. The zero-order valence-corrected chi connectivity index (χ0v) is 18.0. The second kappa shape index (κ2) is 9.14. The summed E-state index contributed by atoms with van der Waals surface area (Å²) in [4.78, 5) is 12.5. The van der Waals surface area contributed by atoms with Crippen LogP contribution >= 0.6 is 11.8 Å². The van der Waals surface area contributed by atoms with E-state index in [2.05, 4.69) is 21.6 Å². The minimum atomic E-state index is -0.379. The maximum Gasteiger partial charge on any atom is 0.234 e. The number of hydrogen-bond donors (Lipinski definition) is 1. The topological polar surface area (TPSA) is 59.8 Å². The monoisotopic (exact) mass is 432 g/mol. The lowest BCUT2D eigenvalue weighted by atomic mass is 10.1. The van der Waals surface area contributed by atoms with Crippen LogP contribution in [0.5, 0.6) is 0 Å². The summed E-state index contributed by atoms with van der Waals surface area (Å²) in [6.45, 7) is 3.98. The summed E-state index contributed by atoms with van der Waals surface area (Å²) in [7, 11) is 0. The molecule has 1 amide bonds. The Kier molecular flexibility index (Phi) is 6.13. The maximum absolute atomic E-state index is 14.4. The van der Waals surface area contributed by atoms with E-state index in [4.69, 9.17) is 0 Å². The molecule has 0 bridgehead atoms. The van der Waals surface area contributed by atoms with Crippen LogP contribution in [-0.4, -0.2) is 26.4 Å². The molecule has 0 aliphatic rings. The predicted octanol–water partition coefficient (Wildman–Crippen LogP) is 5.42. The third-order valence-corrected chi connectivity index (χ3v) is 5.53. The smallest absolute Gasteiger partial charge is 0.234 e. The summed E-state index contributed by atoms with van der Waals surface area (Å²) in [5, 5.41) is 11.9. The number of carbonyl (C=O) groups is 1. The van der Waals surface area contributed by atoms with E-state index in [9.17, 15) is 9.18 Å². The minimum Gasteiger partial charge on any atom is -0.325 e. The van der Waals surface area contributed by atoms with Crippen LogP contribution in [0.3, 0.4) is 0 Å². The van der Waals surface area contributed by atoms with Crippen LogP contribution in [-0.2, 0) is 4.79 Å². The average Bonchev–Trinajstić information content (AvgIpc) is 3.16. The fourth-order valence-corrected chi connectivity index (χ4v) is 4.12. The Morgan fingerprint density at radius 1 is 0.968 bits per heavy atom. The molecule has 4 rings (SSSR count). The molecule has 0 unspecified atom stereocenters. The fraction of sp³-hybridized carbons (Fsp3) is 0.125. The third kappa shape index (κ3) is 4.83. The van der Waals surface area contributed by atoms with E-state index in [1.54, 1.807) is 22.8 Å². The Labute approximate surface area is 184 Å². The number of nitrogens with zero attached hydrogens (tertiary/aromatic N) is 3. The Morgan fingerprint density at radius 2 is 1.65 bits per heavy atom. The predicted molar refractivity (Wildman–Crippen MR) is 122 cm³/mol. The number of para-hydroxylation sites is 1. The number of amides is 1. The number of nitrogens with one attached hydrogen (secondary N) is 1. The van der Waals surface area contributed by atoms with Gasteiger partial charge in [0.25, 0.3) is 0 Å². The Balaban J connectivity index is 1.60. The summed E-state index contributed by atoms with van der Waals surface area (Å²) >= 11 is 1.25. The fourth-order valence-electron chi connectivity index (χ4n) is 3.36. The summed E-state index contributed by atoms with van der Waals surface area (Å²) < 4.78 is 16.2. The van der Waals surface area contributed by atoms with Crippen LogP contribution < -0.4 is 5.32 Å². The van der Waals surface area contributed by atoms with Gasteiger partial charge >= 0.3 is 0 Å². The largest absolute Gasteiger partial charge is 0.325 e. The number of carbonyl (C=O) groups excluding carboxylic acids is 1. The first-order valence-corrected chi connectivity index (χ1v) is 10.8. The molecule has 1 heterocycles. The number of rotatable bonds is 6. The highest BCUT2D eigenvalue weighted by Crippen LogP contribution is 2.29. The van der Waals surface area contributed by atoms with Gasteiger partial charge in [-0.15, -0.1) is 10.2 Å². The molecule has 0 saturated carbocycles. The van der Waals surface area contributed by atoms with Gasteiger partial charge in [0.05, 0.1) is 11.3 Å². The van der Waals surface area contributed by atoms with E-state index in [0.717, 1.165) is 22.5 Å². The molecule has 1 N–H and O–H groups in total. The highest BCUT2D eigenvalue weighted by molar-refractivity contribution is 7.99. The second-order valence-corrected chi connectivity index (χ2v) is 8.11. The molecule has 0 saturated heterocycles. The first-order valence-electron chi connectivity index (χ1n) is 9.78. The molecule has 1 aromatic heterocycles. The molecule has 5 nitrogen and oxygen atoms in total. The summed E-state index contributed by atoms with van der Waals surface area (Å²) in [5.74, 6) is 0.0117. The average molecular weight is 433 g/mol. The lowest BCUT2D eigenvalue weighted by Crippen LogP contribution is -2.14. The van der Waals surface area contributed by atoms with Crippen LogP contribution in [0.1, 0.15) is 11.1 Å². The van der Waals surface area contributed by atoms with Crippen molar-refractivity contribution in [3.63, 3.8) is 0 Å². The van der Waals surface area contributed by atoms with Crippen molar-refractivity contribution < 1.29 is 9.18 Å². The van der Waals surface area contributed by atoms with Crippen molar-refractivity contribution >= 4 is 23.4 Å². The highest BCUT2D eigenvalue weighted by Gasteiger charge is 2.19. The maximum atomic E-state index is 14.4. The van der Waals surface area contributed by atoms with E-state index in [1.807, 2.05) is 56.3 Å². The number of anilines is 1. The lowest BCUT2D eigenvalue weighted by molar-refractivity contribution is -0.113. The quantitative estimate of drug-likeness (QED) is 0.413. The van der Waals surface area contributed by atoms with Crippen LogP contribution in [0.4, 0.5) is 10.1 Å². The van der Waals surface area contributed by atoms with Gasteiger partial charge in [-0.2, -0.15) is 0 Å². The van der Waals surface area contributed by atoms with Crippen molar-refractivity contribution in [3.8, 4) is 17.1 Å². The van der Waals surface area contributed by atoms with Crippen molar-refractivity contribution in [2.45, 2.75) is 19.0 Å². The van der Waals surface area contributed by atoms with Gasteiger partial charge in [0.1, 0.15) is 5.82 Å². The third-order valence-electron chi connectivity index (χ3n) is 4.60. The van der Waals surface area contributed by atoms with Gasteiger partial charge < -0.3 is 5.32 Å². The molecular formula is C24H21FN4OS. The molecule has 7 heteroatoms. The van der Waals surface area contributed by atoms with Gasteiger partial charge in [0, 0.05) is 11.4 Å². The minimum absolute atomic E-state index is 0.148. The highest BCUT2D eigenvalue weighted by atomic mass is 32.2. The standard InChI is InChI=1S/C24H21FN4OS/c1-16-12-17(2)14-18(13-16)26-22(30)15-31-24-28-27-23(20-10-6-7-11-21(20)25)29(24)19-8-4-3-5-9-19/h3-14H,15H2,1-2H3,(H,26,30). The molecule has 0 atom stereocenters. The summed E-state index contributed by atoms with van der Waals surface area (Å²) in [5.41, 5.74) is 4.08. The van der Waals surface area contributed by atoms with E-state index in [0.29, 0.717) is 16.5 Å². The molecule has 0 radical (unpaired) electrons. The Hall–Kier alpha value is -3.45. The molecular weight excluding hydrogens is 411 g/mol. The van der Waals surface area contributed by atoms with Crippen molar-refractivity contribution in [1.82, 2.24) is 14.8 Å². The van der Waals surface area contributed by atoms with E-state index in [1.165, 1.54) is 17.8 Å². The number of hydrogen-bond acceptors (Lipinski definition) is 4. The molecule has 3 aromatic carbocycles. The molecule has 0 aliphatic carbocycles. The summed E-state index contributed by atoms with van der Waals surface area (Å²) in [6.07, 6.45) is 0. The van der Waals surface area contributed by atoms with Gasteiger partial charge in [-0.3, -0.25) is 9.36 Å². The molecule has 156 valence electrons. The van der Waals surface area contributed by atoms with Gasteiger partial charge in [0.15, 0.2) is 11.0 Å². The molecule has 0 spiro atoms. The summed E-state index contributed by atoms with van der Waals surface area (Å²) in [6, 6.07) is 21.8. The second-order valence-electron chi connectivity index (χ2n) is 7.17. The van der Waals surface area contributed by atoms with Crippen molar-refractivity contribution in [1.29, 1.82) is 0 Å². The lowest BCUT2D eigenvalue weighted by Gasteiger charge is -2.11. The van der Waals surface area contributed by atoms with Crippen molar-refractivity contribution in [3.05, 3.63) is 89.7 Å². The van der Waals surface area contributed by atoms with Crippen molar-refractivity contribution in [2.24, 2.45) is 0 Å². The normalized spacial score (nSPS) is 10.8. The van der Waals surface area contributed by atoms with Gasteiger partial charge in [-0.05, 0) is 61.4 Å². The van der Waals surface area contributed by atoms with Crippen LogP contribution in [0.15, 0.2) is 78.0 Å². The van der Waals surface area contributed by atoms with E-state index in [-0.39, 0.29) is 17.5 Å². The van der Waals surface area contributed by atoms with Gasteiger partial charge in [-0.25, -0.2) is 4.39 Å². The molecule has 31 heavy (non-hydrogen) atoms. The molecule has 0 aliphatic heterocycles.